The van der Waals surface area contributed by atoms with E-state index in [1.165, 1.54) is 27.0 Å². The summed E-state index contributed by atoms with van der Waals surface area (Å²) in [6.07, 6.45) is 2.84. The molecule has 0 spiro atoms. The van der Waals surface area contributed by atoms with Crippen LogP contribution in [0.1, 0.15) is 19.4 Å². The van der Waals surface area contributed by atoms with Gasteiger partial charge in [-0.3, -0.25) is 4.79 Å². The van der Waals surface area contributed by atoms with Gasteiger partial charge in [0.25, 0.3) is 0 Å². The van der Waals surface area contributed by atoms with Gasteiger partial charge in [-0.15, -0.1) is 0 Å². The molecule has 1 aromatic rings. The Labute approximate surface area is 125 Å². The molecule has 2 N–H and O–H groups in total. The van der Waals surface area contributed by atoms with Crippen LogP contribution in [-0.2, 0) is 9.59 Å². The lowest BCUT2D eigenvalue weighted by Crippen LogP contribution is -2.49. The molecule has 5 nitrogen and oxygen atoms in total. The summed E-state index contributed by atoms with van der Waals surface area (Å²) in [6, 6.07) is 5.39. The normalized spacial score (nSPS) is 11.4. The van der Waals surface area contributed by atoms with Crippen molar-refractivity contribution in [2.24, 2.45) is 0 Å². The number of carbonyl (C=O) groups excluding carboxylic acids is 1. The van der Waals surface area contributed by atoms with Crippen molar-refractivity contribution in [3.05, 3.63) is 34.3 Å². The largest absolute Gasteiger partial charge is 0.496 e. The van der Waals surface area contributed by atoms with Crippen LogP contribution in [0.3, 0.4) is 0 Å². The van der Waals surface area contributed by atoms with E-state index in [0.29, 0.717) is 11.3 Å². The van der Waals surface area contributed by atoms with E-state index in [4.69, 9.17) is 9.84 Å². The van der Waals surface area contributed by atoms with Gasteiger partial charge in [-0.05, 0) is 38.1 Å². The van der Waals surface area contributed by atoms with Crippen LogP contribution >= 0.6 is 15.9 Å². The molecule has 0 atom stereocenters. The fraction of sp³-hybridized carbons (Fsp3) is 0.286. The van der Waals surface area contributed by atoms with Crippen molar-refractivity contribution < 1.29 is 19.4 Å². The first-order valence-electron chi connectivity index (χ1n) is 5.83. The van der Waals surface area contributed by atoms with Crippen LogP contribution in [0.5, 0.6) is 5.75 Å². The zero-order valence-corrected chi connectivity index (χ0v) is 13.0. The summed E-state index contributed by atoms with van der Waals surface area (Å²) in [5, 5.41) is 11.3. The van der Waals surface area contributed by atoms with Gasteiger partial charge >= 0.3 is 5.97 Å². The molecule has 6 heteroatoms. The number of methoxy groups -OCH3 is 1. The van der Waals surface area contributed by atoms with Crippen molar-refractivity contribution in [1.29, 1.82) is 0 Å². The van der Waals surface area contributed by atoms with Crippen LogP contribution in [0.2, 0.25) is 0 Å². The number of ether oxygens (including phenoxy) is 1. The molecule has 0 radical (unpaired) electrons. The van der Waals surface area contributed by atoms with Gasteiger partial charge in [-0.25, -0.2) is 4.79 Å². The predicted molar refractivity (Wildman–Crippen MR) is 79.6 cm³/mol. The van der Waals surface area contributed by atoms with E-state index in [9.17, 15) is 9.59 Å². The second-order valence-corrected chi connectivity index (χ2v) is 5.55. The molecule has 108 valence electrons. The number of hydrogen-bond acceptors (Lipinski definition) is 3. The number of aliphatic carboxylic acids is 1. The van der Waals surface area contributed by atoms with Crippen molar-refractivity contribution in [3.8, 4) is 5.75 Å². The van der Waals surface area contributed by atoms with E-state index in [0.717, 1.165) is 4.47 Å². The van der Waals surface area contributed by atoms with Crippen LogP contribution in [0.15, 0.2) is 28.7 Å². The summed E-state index contributed by atoms with van der Waals surface area (Å²) in [6.45, 7) is 2.83. The Morgan fingerprint density at radius 1 is 1.40 bits per heavy atom. The number of carboxylic acid groups (broad SMARTS) is 1. The topological polar surface area (TPSA) is 75.6 Å². The number of benzene rings is 1. The van der Waals surface area contributed by atoms with E-state index in [1.807, 2.05) is 6.07 Å². The molecule has 1 rings (SSSR count). The van der Waals surface area contributed by atoms with Crippen molar-refractivity contribution >= 4 is 33.9 Å². The molecule has 20 heavy (non-hydrogen) atoms. The quantitative estimate of drug-likeness (QED) is 0.806. The third-order valence-electron chi connectivity index (χ3n) is 2.58. The van der Waals surface area contributed by atoms with Gasteiger partial charge in [0.15, 0.2) is 0 Å². The number of carbonyl (C=O) groups is 2. The minimum Gasteiger partial charge on any atom is -0.496 e. The number of rotatable bonds is 5. The van der Waals surface area contributed by atoms with Crippen LogP contribution in [0, 0.1) is 0 Å². The van der Waals surface area contributed by atoms with Crippen LogP contribution in [0.4, 0.5) is 0 Å². The summed E-state index contributed by atoms with van der Waals surface area (Å²) >= 11 is 3.33. The molecule has 0 aliphatic heterocycles. The highest BCUT2D eigenvalue weighted by molar-refractivity contribution is 9.10. The van der Waals surface area contributed by atoms with E-state index >= 15 is 0 Å². The fourth-order valence-electron chi connectivity index (χ4n) is 1.40. The van der Waals surface area contributed by atoms with E-state index in [1.54, 1.807) is 18.2 Å². The molecule has 1 amide bonds. The van der Waals surface area contributed by atoms with Gasteiger partial charge in [-0.1, -0.05) is 15.9 Å². The maximum absolute atomic E-state index is 11.7. The van der Waals surface area contributed by atoms with Crippen LogP contribution in [0.25, 0.3) is 6.08 Å². The molecule has 0 fully saturated rings. The Morgan fingerprint density at radius 2 is 2.05 bits per heavy atom. The molecule has 1 aromatic carbocycles. The summed E-state index contributed by atoms with van der Waals surface area (Å²) in [5.74, 6) is -0.964. The van der Waals surface area contributed by atoms with E-state index in [-0.39, 0.29) is 0 Å². The Bertz CT molecular complexity index is 552. The Morgan fingerprint density at radius 3 is 2.60 bits per heavy atom. The van der Waals surface area contributed by atoms with Crippen LogP contribution in [-0.4, -0.2) is 29.6 Å². The predicted octanol–water partition coefficient (Wildman–Crippen LogP) is 2.45. The Kier molecular flexibility index (Phi) is 5.33. The lowest BCUT2D eigenvalue weighted by atomic mass is 10.1. The third-order valence-corrected chi connectivity index (χ3v) is 3.07. The lowest BCUT2D eigenvalue weighted by molar-refractivity contribution is -0.145. The molecular weight excluding hydrogens is 326 g/mol. The van der Waals surface area contributed by atoms with Gasteiger partial charge in [-0.2, -0.15) is 0 Å². The van der Waals surface area contributed by atoms with E-state index < -0.39 is 17.4 Å². The highest BCUT2D eigenvalue weighted by atomic mass is 79.9. The molecule has 0 bridgehead atoms. The van der Waals surface area contributed by atoms with Crippen LogP contribution < -0.4 is 10.1 Å². The highest BCUT2D eigenvalue weighted by Gasteiger charge is 2.27. The third kappa shape index (κ3) is 4.38. The van der Waals surface area contributed by atoms with Gasteiger partial charge in [0.05, 0.1) is 7.11 Å². The van der Waals surface area contributed by atoms with Gasteiger partial charge in [0.1, 0.15) is 11.3 Å². The monoisotopic (exact) mass is 341 g/mol. The fourth-order valence-corrected chi connectivity index (χ4v) is 1.78. The Balaban J connectivity index is 2.85. The molecule has 0 saturated heterocycles. The second kappa shape index (κ2) is 6.56. The summed E-state index contributed by atoms with van der Waals surface area (Å²) in [7, 11) is 1.54. The summed E-state index contributed by atoms with van der Waals surface area (Å²) in [4.78, 5) is 22.6. The molecular formula is C14H16BrNO4. The Hall–Kier alpha value is -1.82. The first-order chi connectivity index (χ1) is 9.26. The SMILES string of the molecule is COc1ccc(Br)cc1/C=C/C(=O)NC(C)(C)C(=O)O. The van der Waals surface area contributed by atoms with Gasteiger partial charge < -0.3 is 15.2 Å². The first kappa shape index (κ1) is 16.2. The first-order valence-corrected chi connectivity index (χ1v) is 6.62. The van der Waals surface area contributed by atoms with Crippen molar-refractivity contribution in [2.45, 2.75) is 19.4 Å². The molecule has 0 aliphatic rings. The zero-order valence-electron chi connectivity index (χ0n) is 11.4. The maximum Gasteiger partial charge on any atom is 0.328 e. The average Bonchev–Trinajstić information content (AvgIpc) is 2.35. The molecule has 0 saturated carbocycles. The average molecular weight is 342 g/mol. The number of halogens is 1. The van der Waals surface area contributed by atoms with Gasteiger partial charge in [0, 0.05) is 16.1 Å². The highest BCUT2D eigenvalue weighted by Crippen LogP contribution is 2.24. The number of carboxylic acids is 1. The van der Waals surface area contributed by atoms with Crippen molar-refractivity contribution in [1.82, 2.24) is 5.32 Å². The number of hydrogen-bond donors (Lipinski definition) is 2. The molecule has 0 unspecified atom stereocenters. The van der Waals surface area contributed by atoms with E-state index in [2.05, 4.69) is 21.2 Å². The molecule has 0 aromatic heterocycles. The van der Waals surface area contributed by atoms with Gasteiger partial charge in [0.2, 0.25) is 5.91 Å². The summed E-state index contributed by atoms with van der Waals surface area (Å²) in [5.41, 5.74) is -0.604. The number of nitrogens with one attached hydrogen (secondary N) is 1. The lowest BCUT2D eigenvalue weighted by Gasteiger charge is -2.19. The number of amides is 1. The minimum atomic E-state index is -1.32. The standard InChI is InChI=1S/C14H16BrNO4/c1-14(2,13(18)19)16-12(17)7-4-9-8-10(15)5-6-11(9)20-3/h4-8H,1-3H3,(H,16,17)(H,18,19)/b7-4+. The zero-order chi connectivity index (χ0) is 15.3. The minimum absolute atomic E-state index is 0.487. The van der Waals surface area contributed by atoms with Crippen molar-refractivity contribution in [2.75, 3.05) is 7.11 Å². The molecule has 0 heterocycles. The van der Waals surface area contributed by atoms with Crippen molar-refractivity contribution in [3.63, 3.8) is 0 Å². The summed E-state index contributed by atoms with van der Waals surface area (Å²) < 4.78 is 6.02. The smallest absolute Gasteiger partial charge is 0.328 e. The maximum atomic E-state index is 11.7. The molecule has 0 aliphatic carbocycles. The second-order valence-electron chi connectivity index (χ2n) is 4.64.